The van der Waals surface area contributed by atoms with E-state index in [1.807, 2.05) is 0 Å². The van der Waals surface area contributed by atoms with Gasteiger partial charge in [-0.05, 0) is 49.9 Å². The molecule has 1 aromatic rings. The minimum Gasteiger partial charge on any atom is -0.491 e. The average molecular weight is 318 g/mol. The Kier molecular flexibility index (Phi) is 4.81. The Morgan fingerprint density at radius 3 is 2.65 bits per heavy atom. The summed E-state index contributed by atoms with van der Waals surface area (Å²) in [6, 6.07) is 6.51. The van der Waals surface area contributed by atoms with Gasteiger partial charge in [0.15, 0.2) is 0 Å². The van der Waals surface area contributed by atoms with Crippen molar-refractivity contribution in [2.45, 2.75) is 37.8 Å². The lowest BCUT2D eigenvalue weighted by atomic mass is 10.1. The van der Waals surface area contributed by atoms with Crippen LogP contribution in [0, 0.1) is 0 Å². The first-order valence-corrected chi connectivity index (χ1v) is 8.10. The topological polar surface area (TPSA) is 81.9 Å². The summed E-state index contributed by atoms with van der Waals surface area (Å²) in [5, 5.41) is 0. The molecular weight excluding hydrogens is 296 g/mol. The van der Waals surface area contributed by atoms with E-state index in [9.17, 15) is 9.59 Å². The second-order valence-electron chi connectivity index (χ2n) is 6.03. The first kappa shape index (κ1) is 15.8. The first-order chi connectivity index (χ1) is 11.1. The van der Waals surface area contributed by atoms with Gasteiger partial charge >= 0.3 is 0 Å². The van der Waals surface area contributed by atoms with E-state index in [2.05, 4.69) is 0 Å². The highest BCUT2D eigenvalue weighted by Crippen LogP contribution is 2.22. The van der Waals surface area contributed by atoms with Crippen LogP contribution in [0.25, 0.3) is 0 Å². The molecule has 0 aromatic heterocycles. The van der Waals surface area contributed by atoms with E-state index in [1.54, 1.807) is 29.2 Å². The second-order valence-corrected chi connectivity index (χ2v) is 6.03. The van der Waals surface area contributed by atoms with Crippen LogP contribution in [-0.2, 0) is 9.53 Å². The summed E-state index contributed by atoms with van der Waals surface area (Å²) in [5.74, 6) is 0.120. The zero-order valence-corrected chi connectivity index (χ0v) is 13.1. The molecule has 124 valence electrons. The Morgan fingerprint density at radius 1 is 1.22 bits per heavy atom. The van der Waals surface area contributed by atoms with E-state index in [1.165, 1.54) is 0 Å². The van der Waals surface area contributed by atoms with E-state index < -0.39 is 11.9 Å². The van der Waals surface area contributed by atoms with E-state index in [0.29, 0.717) is 30.9 Å². The summed E-state index contributed by atoms with van der Waals surface area (Å²) in [6.07, 6.45) is 3.72. The fraction of sp³-hybridized carbons (Fsp3) is 0.529. The number of benzene rings is 1. The number of carbonyl (C=O) groups excluding carboxylic acids is 2. The molecule has 23 heavy (non-hydrogen) atoms. The molecule has 0 radical (unpaired) electrons. The van der Waals surface area contributed by atoms with E-state index >= 15 is 0 Å². The fourth-order valence-corrected chi connectivity index (χ4v) is 3.13. The number of nitrogens with two attached hydrogens (primary N) is 1. The van der Waals surface area contributed by atoms with E-state index in [0.717, 1.165) is 25.9 Å². The molecule has 0 bridgehead atoms. The van der Waals surface area contributed by atoms with Crippen LogP contribution in [-0.4, -0.2) is 48.6 Å². The quantitative estimate of drug-likeness (QED) is 0.888. The maximum atomic E-state index is 12.5. The van der Waals surface area contributed by atoms with Gasteiger partial charge in [0.05, 0.1) is 6.10 Å². The molecule has 2 aliphatic heterocycles. The molecule has 1 aromatic carbocycles. The molecule has 2 amide bonds. The van der Waals surface area contributed by atoms with Crippen molar-refractivity contribution in [3.05, 3.63) is 29.8 Å². The summed E-state index contributed by atoms with van der Waals surface area (Å²) in [7, 11) is 0. The van der Waals surface area contributed by atoms with Gasteiger partial charge in [0, 0.05) is 18.7 Å². The van der Waals surface area contributed by atoms with Gasteiger partial charge in [0.25, 0.3) is 5.91 Å². The van der Waals surface area contributed by atoms with Crippen molar-refractivity contribution in [1.29, 1.82) is 0 Å². The number of nitrogens with zero attached hydrogens (tertiary/aromatic N) is 1. The highest BCUT2D eigenvalue weighted by Gasteiger charge is 2.33. The summed E-state index contributed by atoms with van der Waals surface area (Å²) in [6.45, 7) is 1.91. The van der Waals surface area contributed by atoms with Crippen LogP contribution in [0.15, 0.2) is 24.3 Å². The number of rotatable bonds is 5. The van der Waals surface area contributed by atoms with Crippen molar-refractivity contribution in [2.75, 3.05) is 19.8 Å². The largest absolute Gasteiger partial charge is 0.491 e. The van der Waals surface area contributed by atoms with Crippen molar-refractivity contribution >= 4 is 11.8 Å². The molecule has 3 rings (SSSR count). The van der Waals surface area contributed by atoms with E-state index in [4.69, 9.17) is 15.2 Å². The van der Waals surface area contributed by atoms with Crippen molar-refractivity contribution in [1.82, 2.24) is 4.90 Å². The van der Waals surface area contributed by atoms with Crippen molar-refractivity contribution in [3.63, 3.8) is 0 Å². The van der Waals surface area contributed by atoms with Crippen molar-refractivity contribution < 1.29 is 19.1 Å². The van der Waals surface area contributed by atoms with Gasteiger partial charge in [-0.2, -0.15) is 0 Å². The van der Waals surface area contributed by atoms with Crippen molar-refractivity contribution in [3.8, 4) is 5.75 Å². The fourth-order valence-electron chi connectivity index (χ4n) is 3.13. The molecule has 0 spiro atoms. The molecule has 2 N–H and O–H groups in total. The number of likely N-dealkylation sites (tertiary alicyclic amines) is 1. The maximum absolute atomic E-state index is 12.5. The third-order valence-electron chi connectivity index (χ3n) is 4.40. The molecule has 2 fully saturated rings. The number of primary amides is 1. The number of hydrogen-bond acceptors (Lipinski definition) is 4. The molecular formula is C17H22N2O4. The Morgan fingerprint density at radius 2 is 2.00 bits per heavy atom. The van der Waals surface area contributed by atoms with Gasteiger partial charge in [-0.15, -0.1) is 0 Å². The van der Waals surface area contributed by atoms with E-state index in [-0.39, 0.29) is 12.0 Å². The number of hydrogen-bond donors (Lipinski definition) is 1. The Hall–Kier alpha value is -2.08. The molecule has 2 heterocycles. The van der Waals surface area contributed by atoms with Crippen molar-refractivity contribution in [2.24, 2.45) is 5.73 Å². The molecule has 6 heteroatoms. The van der Waals surface area contributed by atoms with Gasteiger partial charge < -0.3 is 20.1 Å². The van der Waals surface area contributed by atoms with Gasteiger partial charge in [-0.3, -0.25) is 9.59 Å². The first-order valence-electron chi connectivity index (χ1n) is 8.10. The minimum absolute atomic E-state index is 0.156. The highest BCUT2D eigenvalue weighted by atomic mass is 16.5. The SMILES string of the molecule is NC(=O)[C@H]1CCCN1C(=O)c1ccc(OC[C@@H]2CCCO2)cc1. The van der Waals surface area contributed by atoms with Crippen LogP contribution < -0.4 is 10.5 Å². The van der Waals surface area contributed by atoms with Gasteiger partial charge in [-0.1, -0.05) is 0 Å². The lowest BCUT2D eigenvalue weighted by molar-refractivity contribution is -0.121. The number of ether oxygens (including phenoxy) is 2. The molecule has 0 aliphatic carbocycles. The smallest absolute Gasteiger partial charge is 0.254 e. The van der Waals surface area contributed by atoms with Gasteiger partial charge in [0.2, 0.25) is 5.91 Å². The molecule has 6 nitrogen and oxygen atoms in total. The molecule has 2 atom stereocenters. The zero-order valence-electron chi connectivity index (χ0n) is 13.1. The summed E-state index contributed by atoms with van der Waals surface area (Å²) >= 11 is 0. The standard InChI is InChI=1S/C17H22N2O4/c18-16(20)15-4-1-9-19(15)17(21)12-5-7-13(8-6-12)23-11-14-3-2-10-22-14/h5-8,14-15H,1-4,9-11H2,(H2,18,20)/t14-,15+/m0/s1. The van der Waals surface area contributed by atoms with Crippen LogP contribution in [0.2, 0.25) is 0 Å². The average Bonchev–Trinajstić information content (AvgIpc) is 3.24. The third kappa shape index (κ3) is 3.64. The minimum atomic E-state index is -0.488. The monoisotopic (exact) mass is 318 g/mol. The number of amides is 2. The number of carbonyl (C=O) groups is 2. The Bertz CT molecular complexity index is 566. The van der Waals surface area contributed by atoms with Gasteiger partial charge in [-0.25, -0.2) is 0 Å². The van der Waals surface area contributed by atoms with Crippen LogP contribution in [0.3, 0.4) is 0 Å². The second kappa shape index (κ2) is 7.00. The molecule has 2 aliphatic rings. The Balaban J connectivity index is 1.59. The summed E-state index contributed by atoms with van der Waals surface area (Å²) in [5.41, 5.74) is 5.91. The third-order valence-corrected chi connectivity index (χ3v) is 4.40. The van der Waals surface area contributed by atoms with Gasteiger partial charge in [0.1, 0.15) is 18.4 Å². The predicted molar refractivity (Wildman–Crippen MR) is 84.2 cm³/mol. The van der Waals surface area contributed by atoms with Crippen LogP contribution in [0.1, 0.15) is 36.0 Å². The zero-order chi connectivity index (χ0) is 16.2. The lowest BCUT2D eigenvalue weighted by Crippen LogP contribution is -2.43. The molecule has 0 saturated carbocycles. The predicted octanol–water partition coefficient (Wildman–Crippen LogP) is 1.33. The summed E-state index contributed by atoms with van der Waals surface area (Å²) in [4.78, 5) is 25.5. The molecule has 0 unspecified atom stereocenters. The highest BCUT2D eigenvalue weighted by molar-refractivity contribution is 5.97. The Labute approximate surface area is 135 Å². The molecule has 2 saturated heterocycles. The van der Waals surface area contributed by atoms with Crippen LogP contribution in [0.4, 0.5) is 0 Å². The van der Waals surface area contributed by atoms with Crippen LogP contribution >= 0.6 is 0 Å². The maximum Gasteiger partial charge on any atom is 0.254 e. The summed E-state index contributed by atoms with van der Waals surface area (Å²) < 4.78 is 11.2. The lowest BCUT2D eigenvalue weighted by Gasteiger charge is -2.22. The van der Waals surface area contributed by atoms with Crippen LogP contribution in [0.5, 0.6) is 5.75 Å². The normalized spacial score (nSPS) is 23.9.